The second-order valence-electron chi connectivity index (χ2n) is 4.97. The molecular formula is C14H16ClN5S. The lowest BCUT2D eigenvalue weighted by molar-refractivity contribution is 0.854. The summed E-state index contributed by atoms with van der Waals surface area (Å²) in [5, 5.41) is 11.7. The van der Waals surface area contributed by atoms with Gasteiger partial charge in [-0.2, -0.15) is 5.10 Å². The topological polar surface area (TPSA) is 66.5 Å². The van der Waals surface area contributed by atoms with Crippen molar-refractivity contribution >= 4 is 39.0 Å². The van der Waals surface area contributed by atoms with E-state index in [2.05, 4.69) is 38.5 Å². The number of nitrogens with zero attached hydrogens (tertiary/aromatic N) is 3. The molecule has 5 nitrogen and oxygen atoms in total. The molecule has 0 radical (unpaired) electrons. The van der Waals surface area contributed by atoms with E-state index in [1.165, 1.54) is 10.4 Å². The summed E-state index contributed by atoms with van der Waals surface area (Å²) >= 11 is 7.61. The molecule has 0 saturated carbocycles. The van der Waals surface area contributed by atoms with Crippen molar-refractivity contribution in [2.45, 2.75) is 26.7 Å². The molecule has 0 aliphatic heterocycles. The average molecular weight is 322 g/mol. The molecule has 0 fully saturated rings. The lowest BCUT2D eigenvalue weighted by Crippen LogP contribution is -2.05. The second kappa shape index (κ2) is 5.99. The molecule has 0 aromatic carbocycles. The normalized spacial score (nSPS) is 11.2. The smallest absolute Gasteiger partial charge is 0.225 e. The number of aromatic nitrogens is 4. The van der Waals surface area contributed by atoms with E-state index in [9.17, 15) is 0 Å². The molecule has 7 heteroatoms. The molecule has 0 aliphatic rings. The minimum absolute atomic E-state index is 0.289. The molecule has 0 unspecified atom stereocenters. The lowest BCUT2D eigenvalue weighted by atomic mass is 10.1. The van der Waals surface area contributed by atoms with Gasteiger partial charge in [0.2, 0.25) is 5.28 Å². The monoisotopic (exact) mass is 321 g/mol. The Morgan fingerprint density at radius 2 is 2.19 bits per heavy atom. The molecule has 3 rings (SSSR count). The summed E-state index contributed by atoms with van der Waals surface area (Å²) in [6.45, 7) is 4.94. The van der Waals surface area contributed by atoms with Crippen LogP contribution < -0.4 is 5.32 Å². The third kappa shape index (κ3) is 3.16. The Morgan fingerprint density at radius 3 is 2.95 bits per heavy atom. The fraction of sp³-hybridized carbons (Fsp3) is 0.357. The maximum Gasteiger partial charge on any atom is 0.225 e. The molecule has 0 aliphatic carbocycles. The summed E-state index contributed by atoms with van der Waals surface area (Å²) in [5.74, 6) is 0.818. The number of aryl methyl sites for hydroxylation is 3. The van der Waals surface area contributed by atoms with Crippen LogP contribution in [0.4, 0.5) is 5.82 Å². The number of thiophene rings is 1. The van der Waals surface area contributed by atoms with Crippen LogP contribution in [0.25, 0.3) is 10.2 Å². The van der Waals surface area contributed by atoms with E-state index in [-0.39, 0.29) is 5.28 Å². The molecule has 0 amide bonds. The Kier molecular flexibility index (Phi) is 4.07. The van der Waals surface area contributed by atoms with Crippen LogP contribution >= 0.6 is 22.9 Å². The van der Waals surface area contributed by atoms with Gasteiger partial charge in [0.25, 0.3) is 0 Å². The van der Waals surface area contributed by atoms with Gasteiger partial charge in [-0.3, -0.25) is 5.10 Å². The number of rotatable bonds is 5. The highest BCUT2D eigenvalue weighted by Crippen LogP contribution is 2.29. The maximum atomic E-state index is 5.98. The number of anilines is 1. The van der Waals surface area contributed by atoms with E-state index in [1.54, 1.807) is 11.3 Å². The summed E-state index contributed by atoms with van der Waals surface area (Å²) in [4.78, 5) is 10.7. The zero-order valence-electron chi connectivity index (χ0n) is 11.9. The Morgan fingerprint density at radius 1 is 1.33 bits per heavy atom. The van der Waals surface area contributed by atoms with E-state index in [4.69, 9.17) is 11.6 Å². The predicted octanol–water partition coefficient (Wildman–Crippen LogP) is 3.73. The van der Waals surface area contributed by atoms with Crippen molar-refractivity contribution in [2.24, 2.45) is 0 Å². The number of hydrogen-bond donors (Lipinski definition) is 2. The minimum Gasteiger partial charge on any atom is -0.369 e. The van der Waals surface area contributed by atoms with Crippen LogP contribution in [0.3, 0.4) is 0 Å². The number of halogens is 1. The van der Waals surface area contributed by atoms with Crippen molar-refractivity contribution in [3.63, 3.8) is 0 Å². The SMILES string of the molecule is Cc1cc2c(NCCCc3cn[nH]c3C)nc(Cl)nc2s1. The highest BCUT2D eigenvalue weighted by molar-refractivity contribution is 7.18. The van der Waals surface area contributed by atoms with Gasteiger partial charge in [-0.05, 0) is 49.9 Å². The van der Waals surface area contributed by atoms with Gasteiger partial charge >= 0.3 is 0 Å². The van der Waals surface area contributed by atoms with Crippen LogP contribution in [0.1, 0.15) is 22.6 Å². The van der Waals surface area contributed by atoms with E-state index < -0.39 is 0 Å². The van der Waals surface area contributed by atoms with Gasteiger partial charge < -0.3 is 5.32 Å². The van der Waals surface area contributed by atoms with Gasteiger partial charge in [-0.25, -0.2) is 9.97 Å². The molecule has 0 spiro atoms. The zero-order valence-corrected chi connectivity index (χ0v) is 13.5. The van der Waals surface area contributed by atoms with Gasteiger partial charge in [0.15, 0.2) is 0 Å². The molecule has 3 aromatic heterocycles. The van der Waals surface area contributed by atoms with Crippen LogP contribution in [-0.2, 0) is 6.42 Å². The van der Waals surface area contributed by atoms with Gasteiger partial charge in [0.05, 0.1) is 11.6 Å². The van der Waals surface area contributed by atoms with Gasteiger partial charge in [-0.15, -0.1) is 11.3 Å². The number of fused-ring (bicyclic) bond motifs is 1. The number of nitrogens with one attached hydrogen (secondary N) is 2. The van der Waals surface area contributed by atoms with Gasteiger partial charge in [0, 0.05) is 17.1 Å². The Bertz CT molecular complexity index is 764. The molecule has 0 bridgehead atoms. The van der Waals surface area contributed by atoms with Crippen LogP contribution in [0, 0.1) is 13.8 Å². The molecule has 110 valence electrons. The summed E-state index contributed by atoms with van der Waals surface area (Å²) < 4.78 is 0. The largest absolute Gasteiger partial charge is 0.369 e. The van der Waals surface area contributed by atoms with Crippen LogP contribution in [0.5, 0.6) is 0 Å². The van der Waals surface area contributed by atoms with Crippen LogP contribution in [0.15, 0.2) is 12.3 Å². The summed E-state index contributed by atoms with van der Waals surface area (Å²) in [7, 11) is 0. The predicted molar refractivity (Wildman–Crippen MR) is 87.3 cm³/mol. The van der Waals surface area contributed by atoms with Crippen LogP contribution in [-0.4, -0.2) is 26.7 Å². The number of H-pyrrole nitrogens is 1. The van der Waals surface area contributed by atoms with Gasteiger partial charge in [-0.1, -0.05) is 0 Å². The standard InChI is InChI=1S/C14H16ClN5S/c1-8-6-11-12(18-14(15)19-13(11)21-8)16-5-3-4-10-7-17-20-9(10)2/h6-7H,3-5H2,1-2H3,(H,17,20)(H,16,18,19). The Hall–Kier alpha value is -1.66. The first-order valence-electron chi connectivity index (χ1n) is 6.80. The fourth-order valence-electron chi connectivity index (χ4n) is 2.26. The first kappa shape index (κ1) is 14.3. The highest BCUT2D eigenvalue weighted by atomic mass is 35.5. The Balaban J connectivity index is 1.66. The van der Waals surface area contributed by atoms with E-state index in [0.717, 1.165) is 41.1 Å². The van der Waals surface area contributed by atoms with E-state index in [0.29, 0.717) is 0 Å². The van der Waals surface area contributed by atoms with Gasteiger partial charge in [0.1, 0.15) is 10.6 Å². The van der Waals surface area contributed by atoms with Crippen molar-refractivity contribution in [2.75, 3.05) is 11.9 Å². The highest BCUT2D eigenvalue weighted by Gasteiger charge is 2.09. The second-order valence-corrected chi connectivity index (χ2v) is 6.54. The quantitative estimate of drug-likeness (QED) is 0.555. The van der Waals surface area contributed by atoms with Crippen LogP contribution in [0.2, 0.25) is 5.28 Å². The average Bonchev–Trinajstić information content (AvgIpc) is 3.00. The molecule has 0 saturated heterocycles. The van der Waals surface area contributed by atoms with E-state index >= 15 is 0 Å². The summed E-state index contributed by atoms with van der Waals surface area (Å²) in [6.07, 6.45) is 3.88. The third-order valence-corrected chi connectivity index (χ3v) is 4.45. The van der Waals surface area contributed by atoms with Crippen molar-refractivity contribution < 1.29 is 0 Å². The van der Waals surface area contributed by atoms with Crippen molar-refractivity contribution in [1.29, 1.82) is 0 Å². The lowest BCUT2D eigenvalue weighted by Gasteiger charge is -2.06. The number of hydrogen-bond acceptors (Lipinski definition) is 5. The molecule has 3 heterocycles. The summed E-state index contributed by atoms with van der Waals surface area (Å²) in [6, 6.07) is 2.10. The maximum absolute atomic E-state index is 5.98. The summed E-state index contributed by atoms with van der Waals surface area (Å²) in [5.41, 5.74) is 2.39. The fourth-order valence-corrected chi connectivity index (χ4v) is 3.36. The number of aromatic amines is 1. The van der Waals surface area contributed by atoms with Crippen molar-refractivity contribution in [1.82, 2.24) is 20.2 Å². The molecular weight excluding hydrogens is 306 g/mol. The third-order valence-electron chi connectivity index (χ3n) is 3.34. The first-order valence-corrected chi connectivity index (χ1v) is 7.99. The van der Waals surface area contributed by atoms with E-state index in [1.807, 2.05) is 13.1 Å². The molecule has 0 atom stereocenters. The Labute approximate surface area is 131 Å². The minimum atomic E-state index is 0.289. The van der Waals surface area contributed by atoms with Crippen molar-refractivity contribution in [3.05, 3.63) is 33.7 Å². The first-order chi connectivity index (χ1) is 10.1. The molecule has 2 N–H and O–H groups in total. The molecule has 21 heavy (non-hydrogen) atoms. The van der Waals surface area contributed by atoms with Crippen molar-refractivity contribution in [3.8, 4) is 0 Å². The zero-order chi connectivity index (χ0) is 14.8. The molecule has 3 aromatic rings.